The maximum atomic E-state index is 14.7. The first-order valence-electron chi connectivity index (χ1n) is 8.06. The van der Waals surface area contributed by atoms with E-state index >= 15 is 0 Å². The van der Waals surface area contributed by atoms with Crippen molar-refractivity contribution in [3.8, 4) is 11.5 Å². The lowest BCUT2D eigenvalue weighted by Gasteiger charge is -2.56. The van der Waals surface area contributed by atoms with Crippen molar-refractivity contribution in [3.63, 3.8) is 0 Å². The predicted molar refractivity (Wildman–Crippen MR) is 81.4 cm³/mol. The van der Waals surface area contributed by atoms with Crippen LogP contribution in [0.3, 0.4) is 0 Å². The van der Waals surface area contributed by atoms with Gasteiger partial charge in [0, 0.05) is 22.9 Å². The van der Waals surface area contributed by atoms with Crippen molar-refractivity contribution in [2.75, 3.05) is 20.7 Å². The van der Waals surface area contributed by atoms with Gasteiger partial charge in [0.2, 0.25) is 0 Å². The molecule has 5 rings (SSSR count). The third-order valence-corrected chi connectivity index (χ3v) is 6.32. The largest absolute Gasteiger partial charge is 0.493 e. The standard InChI is InChI=1S/C18H20FNO2/c1-20-8-7-18-11-4-5-12(19)17(18)22-16-14(21-2)6-3-10(15(16)18)9-13(11)20/h3-6,11-13,17H,7-9H2,1-2H3/t11?,12?,13?,17-,18?/m0/s1. The Morgan fingerprint density at radius 3 is 3.05 bits per heavy atom. The molecular formula is C18H20FNO2. The molecule has 4 heteroatoms. The fourth-order valence-electron chi connectivity index (χ4n) is 5.36. The van der Waals surface area contributed by atoms with E-state index < -0.39 is 12.3 Å². The number of ether oxygens (including phenoxy) is 2. The van der Waals surface area contributed by atoms with Crippen molar-refractivity contribution >= 4 is 0 Å². The minimum Gasteiger partial charge on any atom is -0.493 e. The molecule has 2 heterocycles. The summed E-state index contributed by atoms with van der Waals surface area (Å²) in [6.45, 7) is 0.998. The SMILES string of the molecule is COc1ccc2c3c1O[C@H]1C(F)C=CC4C(C2)N(C)CCC341. The van der Waals surface area contributed by atoms with Crippen LogP contribution in [0, 0.1) is 5.92 Å². The van der Waals surface area contributed by atoms with Crippen LogP contribution in [0.4, 0.5) is 4.39 Å². The number of rotatable bonds is 1. The summed E-state index contributed by atoms with van der Waals surface area (Å²) >= 11 is 0. The van der Waals surface area contributed by atoms with Gasteiger partial charge in [-0.2, -0.15) is 0 Å². The van der Waals surface area contributed by atoms with Crippen LogP contribution in [0.25, 0.3) is 0 Å². The van der Waals surface area contributed by atoms with Gasteiger partial charge in [-0.15, -0.1) is 0 Å². The zero-order valence-electron chi connectivity index (χ0n) is 12.9. The molecule has 1 spiro atoms. The number of likely N-dealkylation sites (tertiary alicyclic amines) is 1. The van der Waals surface area contributed by atoms with E-state index in [9.17, 15) is 4.39 Å². The van der Waals surface area contributed by atoms with Gasteiger partial charge in [-0.05, 0) is 38.1 Å². The number of nitrogens with zero attached hydrogens (tertiary/aromatic N) is 1. The van der Waals surface area contributed by atoms with Gasteiger partial charge in [-0.3, -0.25) is 0 Å². The zero-order valence-corrected chi connectivity index (χ0v) is 12.9. The summed E-state index contributed by atoms with van der Waals surface area (Å²) in [5.41, 5.74) is 2.34. The monoisotopic (exact) mass is 301 g/mol. The number of methoxy groups -OCH3 is 1. The molecule has 2 bridgehead atoms. The summed E-state index contributed by atoms with van der Waals surface area (Å²) < 4.78 is 26.4. The van der Waals surface area contributed by atoms with Crippen LogP contribution in [0.1, 0.15) is 17.5 Å². The Morgan fingerprint density at radius 2 is 2.23 bits per heavy atom. The predicted octanol–water partition coefficient (Wildman–Crippen LogP) is 2.48. The average Bonchev–Trinajstić information content (AvgIpc) is 2.88. The molecule has 2 aliphatic carbocycles. The lowest BCUT2D eigenvalue weighted by molar-refractivity contribution is -0.0245. The molecule has 116 valence electrons. The zero-order chi connectivity index (χ0) is 15.1. The van der Waals surface area contributed by atoms with Crippen molar-refractivity contribution in [2.45, 2.75) is 36.6 Å². The molecular weight excluding hydrogens is 281 g/mol. The number of likely N-dealkylation sites (N-methyl/N-ethyl adjacent to an activating group) is 1. The first-order valence-corrected chi connectivity index (χ1v) is 8.06. The third kappa shape index (κ3) is 1.27. The fraction of sp³-hybridized carbons (Fsp3) is 0.556. The molecule has 4 unspecified atom stereocenters. The number of piperidine rings is 1. The highest BCUT2D eigenvalue weighted by atomic mass is 19.1. The Balaban J connectivity index is 1.82. The molecule has 1 aromatic rings. The van der Waals surface area contributed by atoms with E-state index in [1.165, 1.54) is 11.1 Å². The Kier molecular flexibility index (Phi) is 2.38. The second kappa shape index (κ2) is 4.05. The van der Waals surface area contributed by atoms with Crippen molar-refractivity contribution in [2.24, 2.45) is 5.92 Å². The molecule has 5 atom stereocenters. The molecule has 0 aromatic heterocycles. The first kappa shape index (κ1) is 12.9. The summed E-state index contributed by atoms with van der Waals surface area (Å²) in [6, 6.07) is 4.56. The van der Waals surface area contributed by atoms with E-state index in [1.54, 1.807) is 13.2 Å². The van der Waals surface area contributed by atoms with Crippen LogP contribution in [-0.4, -0.2) is 43.9 Å². The Labute approximate surface area is 129 Å². The van der Waals surface area contributed by atoms with Gasteiger partial charge in [0.1, 0.15) is 6.10 Å². The number of benzene rings is 1. The Morgan fingerprint density at radius 1 is 1.36 bits per heavy atom. The van der Waals surface area contributed by atoms with E-state index in [0.29, 0.717) is 12.0 Å². The minimum absolute atomic E-state index is 0.206. The maximum absolute atomic E-state index is 14.7. The number of hydrogen-bond acceptors (Lipinski definition) is 3. The van der Waals surface area contributed by atoms with Gasteiger partial charge in [0.15, 0.2) is 17.7 Å². The summed E-state index contributed by atoms with van der Waals surface area (Å²) in [5, 5.41) is 0. The molecule has 0 radical (unpaired) electrons. The van der Waals surface area contributed by atoms with E-state index in [0.717, 1.165) is 30.9 Å². The molecule has 1 fully saturated rings. The Bertz CT molecular complexity index is 688. The van der Waals surface area contributed by atoms with E-state index in [1.807, 2.05) is 6.07 Å². The lowest BCUT2D eigenvalue weighted by Crippen LogP contribution is -2.64. The lowest BCUT2D eigenvalue weighted by atomic mass is 9.53. The highest BCUT2D eigenvalue weighted by Gasteiger charge is 2.64. The summed E-state index contributed by atoms with van der Waals surface area (Å²) in [5.74, 6) is 1.87. The van der Waals surface area contributed by atoms with Gasteiger partial charge in [0.05, 0.1) is 7.11 Å². The second-order valence-electron chi connectivity index (χ2n) is 7.07. The summed E-state index contributed by atoms with van der Waals surface area (Å²) in [4.78, 5) is 2.43. The van der Waals surface area contributed by atoms with Gasteiger partial charge < -0.3 is 14.4 Å². The van der Waals surface area contributed by atoms with Crippen molar-refractivity contribution in [1.82, 2.24) is 4.90 Å². The quantitative estimate of drug-likeness (QED) is 0.744. The van der Waals surface area contributed by atoms with Crippen LogP contribution in [0.15, 0.2) is 24.3 Å². The van der Waals surface area contributed by atoms with Crippen LogP contribution in [0.5, 0.6) is 11.5 Å². The Hall–Kier alpha value is -1.55. The van der Waals surface area contributed by atoms with Crippen LogP contribution < -0.4 is 9.47 Å². The van der Waals surface area contributed by atoms with Gasteiger partial charge in [0.25, 0.3) is 0 Å². The van der Waals surface area contributed by atoms with Crippen molar-refractivity contribution in [3.05, 3.63) is 35.4 Å². The van der Waals surface area contributed by atoms with E-state index in [2.05, 4.69) is 24.1 Å². The maximum Gasteiger partial charge on any atom is 0.165 e. The van der Waals surface area contributed by atoms with E-state index in [4.69, 9.17) is 9.47 Å². The molecule has 3 nitrogen and oxygen atoms in total. The van der Waals surface area contributed by atoms with Crippen LogP contribution >= 0.6 is 0 Å². The fourth-order valence-corrected chi connectivity index (χ4v) is 5.36. The molecule has 1 saturated heterocycles. The number of hydrogen-bond donors (Lipinski definition) is 0. The smallest absolute Gasteiger partial charge is 0.165 e. The molecule has 0 amide bonds. The highest BCUT2D eigenvalue weighted by Crippen LogP contribution is 2.62. The second-order valence-corrected chi connectivity index (χ2v) is 7.07. The van der Waals surface area contributed by atoms with Gasteiger partial charge in [-0.1, -0.05) is 18.2 Å². The highest BCUT2D eigenvalue weighted by molar-refractivity contribution is 5.62. The van der Waals surface area contributed by atoms with Crippen molar-refractivity contribution < 1.29 is 13.9 Å². The van der Waals surface area contributed by atoms with Gasteiger partial charge in [-0.25, -0.2) is 4.39 Å². The van der Waals surface area contributed by atoms with Crippen LogP contribution in [0.2, 0.25) is 0 Å². The van der Waals surface area contributed by atoms with Gasteiger partial charge >= 0.3 is 0 Å². The topological polar surface area (TPSA) is 21.7 Å². The first-order chi connectivity index (χ1) is 10.7. The van der Waals surface area contributed by atoms with E-state index in [-0.39, 0.29) is 5.41 Å². The average molecular weight is 301 g/mol. The molecule has 0 saturated carbocycles. The molecule has 4 aliphatic rings. The molecule has 0 N–H and O–H groups in total. The molecule has 22 heavy (non-hydrogen) atoms. The van der Waals surface area contributed by atoms with Crippen LogP contribution in [-0.2, 0) is 11.8 Å². The minimum atomic E-state index is -1.04. The normalized spacial score (nSPS) is 41.0. The summed E-state index contributed by atoms with van der Waals surface area (Å²) in [7, 11) is 3.84. The number of alkyl halides is 1. The molecule has 1 aromatic carbocycles. The number of halogens is 1. The summed E-state index contributed by atoms with van der Waals surface area (Å²) in [6.07, 6.45) is 4.35. The third-order valence-electron chi connectivity index (χ3n) is 6.32. The molecule has 2 aliphatic heterocycles. The van der Waals surface area contributed by atoms with Crippen molar-refractivity contribution in [1.29, 1.82) is 0 Å².